The maximum atomic E-state index is 12.6. The van der Waals surface area contributed by atoms with Crippen molar-refractivity contribution in [3.05, 3.63) is 46.9 Å². The van der Waals surface area contributed by atoms with Gasteiger partial charge in [-0.05, 0) is 70.3 Å². The molecule has 0 atom stereocenters. The number of rotatable bonds is 4. The zero-order valence-corrected chi connectivity index (χ0v) is 16.6. The summed E-state index contributed by atoms with van der Waals surface area (Å²) in [5.74, 6) is 0.174. The van der Waals surface area contributed by atoms with Gasteiger partial charge in [0.05, 0.1) is 11.4 Å². The first kappa shape index (κ1) is 20.0. The Morgan fingerprint density at radius 1 is 1.16 bits per heavy atom. The van der Waals surface area contributed by atoms with Crippen LogP contribution >= 0.6 is 39.5 Å². The van der Waals surface area contributed by atoms with Crippen LogP contribution in [0.3, 0.4) is 0 Å². The molecule has 0 aliphatic carbocycles. The molecular weight excluding hydrogens is 435 g/mol. The number of halogens is 4. The van der Waals surface area contributed by atoms with Crippen LogP contribution in [0.4, 0.5) is 24.5 Å². The quantitative estimate of drug-likeness (QED) is 0.360. The minimum Gasteiger partial charge on any atom is -0.369 e. The van der Waals surface area contributed by atoms with Crippen molar-refractivity contribution in [2.24, 2.45) is 10.7 Å². The van der Waals surface area contributed by atoms with Crippen molar-refractivity contribution in [1.82, 2.24) is 0 Å². The van der Waals surface area contributed by atoms with E-state index in [4.69, 9.17) is 5.73 Å². The standard InChI is InChI=1S/C16H15BrF3N3S2/c1-23(15(21)22-10-4-3-5-11(8-10)24-2)14-9-12(6-7-13(14)17)25-16(18,19)20/h3-9H,1-2H3,(H2,21,22). The Morgan fingerprint density at radius 3 is 2.52 bits per heavy atom. The summed E-state index contributed by atoms with van der Waals surface area (Å²) < 4.78 is 38.4. The van der Waals surface area contributed by atoms with Crippen molar-refractivity contribution in [2.75, 3.05) is 18.2 Å². The number of nitrogens with two attached hydrogens (primary N) is 1. The van der Waals surface area contributed by atoms with Gasteiger partial charge >= 0.3 is 5.51 Å². The molecule has 9 heteroatoms. The van der Waals surface area contributed by atoms with E-state index in [1.54, 1.807) is 24.9 Å². The highest BCUT2D eigenvalue weighted by molar-refractivity contribution is 9.10. The first-order valence-corrected chi connectivity index (χ1v) is 9.80. The normalized spacial score (nSPS) is 12.3. The highest BCUT2D eigenvalue weighted by Gasteiger charge is 2.29. The number of guanidine groups is 1. The van der Waals surface area contributed by atoms with Crippen LogP contribution in [0, 0.1) is 0 Å². The van der Waals surface area contributed by atoms with Crippen LogP contribution in [0.25, 0.3) is 0 Å². The lowest BCUT2D eigenvalue weighted by Crippen LogP contribution is -2.33. The molecule has 0 bridgehead atoms. The van der Waals surface area contributed by atoms with E-state index in [2.05, 4.69) is 20.9 Å². The lowest BCUT2D eigenvalue weighted by atomic mass is 10.3. The minimum absolute atomic E-state index is 0.0785. The van der Waals surface area contributed by atoms with Crippen LogP contribution in [0.5, 0.6) is 0 Å². The first-order chi connectivity index (χ1) is 11.7. The third-order valence-electron chi connectivity index (χ3n) is 3.15. The molecule has 25 heavy (non-hydrogen) atoms. The number of hydrogen-bond donors (Lipinski definition) is 1. The molecule has 0 fully saturated rings. The van der Waals surface area contributed by atoms with Gasteiger partial charge in [0.25, 0.3) is 0 Å². The average Bonchev–Trinajstić information content (AvgIpc) is 2.54. The lowest BCUT2D eigenvalue weighted by molar-refractivity contribution is -0.0328. The number of anilines is 1. The fourth-order valence-electron chi connectivity index (χ4n) is 1.96. The van der Waals surface area contributed by atoms with Crippen LogP contribution in [0.15, 0.2) is 61.7 Å². The summed E-state index contributed by atoms with van der Waals surface area (Å²) >= 11 is 4.76. The smallest absolute Gasteiger partial charge is 0.369 e. The van der Waals surface area contributed by atoms with E-state index in [1.807, 2.05) is 30.5 Å². The molecule has 2 aromatic rings. The summed E-state index contributed by atoms with van der Waals surface area (Å²) in [5.41, 5.74) is 2.86. The van der Waals surface area contributed by atoms with Crippen molar-refractivity contribution < 1.29 is 13.2 Å². The van der Waals surface area contributed by atoms with Gasteiger partial charge in [0.2, 0.25) is 5.96 Å². The molecule has 0 heterocycles. The largest absolute Gasteiger partial charge is 0.446 e. The second-order valence-corrected chi connectivity index (χ2v) is 7.76. The predicted octanol–water partition coefficient (Wildman–Crippen LogP) is 5.87. The van der Waals surface area contributed by atoms with Crippen LogP contribution < -0.4 is 10.6 Å². The number of hydrogen-bond acceptors (Lipinski definition) is 3. The summed E-state index contributed by atoms with van der Waals surface area (Å²) in [6.07, 6.45) is 1.96. The van der Waals surface area contributed by atoms with Gasteiger partial charge in [0, 0.05) is 21.3 Å². The van der Waals surface area contributed by atoms with E-state index < -0.39 is 5.51 Å². The number of thioether (sulfide) groups is 2. The second-order valence-electron chi connectivity index (χ2n) is 4.89. The third-order valence-corrected chi connectivity index (χ3v) is 5.27. The predicted molar refractivity (Wildman–Crippen MR) is 104 cm³/mol. The van der Waals surface area contributed by atoms with Gasteiger partial charge in [0.1, 0.15) is 0 Å². The van der Waals surface area contributed by atoms with E-state index >= 15 is 0 Å². The number of aliphatic imine (C=N–C) groups is 1. The third kappa shape index (κ3) is 5.86. The van der Waals surface area contributed by atoms with E-state index in [0.29, 0.717) is 15.8 Å². The minimum atomic E-state index is -4.35. The van der Waals surface area contributed by atoms with Gasteiger partial charge in [-0.1, -0.05) is 6.07 Å². The monoisotopic (exact) mass is 449 g/mol. The van der Waals surface area contributed by atoms with E-state index in [1.165, 1.54) is 17.0 Å². The van der Waals surface area contributed by atoms with Gasteiger partial charge in [-0.3, -0.25) is 0 Å². The Morgan fingerprint density at radius 2 is 1.88 bits per heavy atom. The fraction of sp³-hybridized carbons (Fsp3) is 0.188. The van der Waals surface area contributed by atoms with Crippen molar-refractivity contribution in [3.8, 4) is 0 Å². The Kier molecular flexibility index (Phi) is 6.70. The van der Waals surface area contributed by atoms with Crippen LogP contribution in [-0.4, -0.2) is 24.8 Å². The average molecular weight is 450 g/mol. The second kappa shape index (κ2) is 8.37. The molecule has 0 unspecified atom stereocenters. The summed E-state index contributed by atoms with van der Waals surface area (Å²) in [5, 5.41) is 0. The van der Waals surface area contributed by atoms with Gasteiger partial charge in [0.15, 0.2) is 0 Å². The summed E-state index contributed by atoms with van der Waals surface area (Å²) in [4.78, 5) is 7.01. The molecule has 2 rings (SSSR count). The molecule has 0 amide bonds. The number of benzene rings is 2. The number of nitrogens with zero attached hydrogens (tertiary/aromatic N) is 2. The molecule has 0 aromatic heterocycles. The molecule has 2 aromatic carbocycles. The first-order valence-electron chi connectivity index (χ1n) is 6.97. The highest BCUT2D eigenvalue weighted by atomic mass is 79.9. The van der Waals surface area contributed by atoms with Crippen LogP contribution in [-0.2, 0) is 0 Å². The number of alkyl halides is 3. The molecule has 0 aliphatic rings. The molecule has 0 radical (unpaired) electrons. The van der Waals surface area contributed by atoms with Crippen molar-refractivity contribution in [2.45, 2.75) is 15.3 Å². The SMILES string of the molecule is CSc1cccc(N=C(N)N(C)c2cc(SC(F)(F)F)ccc2Br)c1. The van der Waals surface area contributed by atoms with Gasteiger partial charge in [-0.15, -0.1) is 11.8 Å². The van der Waals surface area contributed by atoms with Gasteiger partial charge in [-0.2, -0.15) is 13.2 Å². The van der Waals surface area contributed by atoms with E-state index in [-0.39, 0.29) is 22.6 Å². The highest BCUT2D eigenvalue weighted by Crippen LogP contribution is 2.39. The molecule has 0 spiro atoms. The van der Waals surface area contributed by atoms with Gasteiger partial charge in [-0.25, -0.2) is 4.99 Å². The fourth-order valence-corrected chi connectivity index (χ4v) is 3.50. The zero-order chi connectivity index (χ0) is 18.6. The van der Waals surface area contributed by atoms with Crippen molar-refractivity contribution in [3.63, 3.8) is 0 Å². The Balaban J connectivity index is 2.30. The molecular formula is C16H15BrF3N3S2. The summed E-state index contributed by atoms with van der Waals surface area (Å²) in [7, 11) is 1.65. The molecule has 0 saturated carbocycles. The molecule has 3 nitrogen and oxygen atoms in total. The lowest BCUT2D eigenvalue weighted by Gasteiger charge is -2.20. The summed E-state index contributed by atoms with van der Waals surface area (Å²) in [6, 6.07) is 11.9. The Labute approximate surface area is 161 Å². The van der Waals surface area contributed by atoms with E-state index in [0.717, 1.165) is 4.90 Å². The molecule has 134 valence electrons. The van der Waals surface area contributed by atoms with Crippen LogP contribution in [0.2, 0.25) is 0 Å². The van der Waals surface area contributed by atoms with Gasteiger partial charge < -0.3 is 10.6 Å². The van der Waals surface area contributed by atoms with Crippen LogP contribution in [0.1, 0.15) is 0 Å². The topological polar surface area (TPSA) is 41.6 Å². The molecule has 0 aliphatic heterocycles. The van der Waals surface area contributed by atoms with E-state index in [9.17, 15) is 13.2 Å². The Bertz CT molecular complexity index is 781. The maximum absolute atomic E-state index is 12.6. The maximum Gasteiger partial charge on any atom is 0.446 e. The molecule has 0 saturated heterocycles. The Hall–Kier alpha value is -1.32. The van der Waals surface area contributed by atoms with Crippen molar-refractivity contribution in [1.29, 1.82) is 0 Å². The zero-order valence-electron chi connectivity index (χ0n) is 13.3. The van der Waals surface area contributed by atoms with Crippen molar-refractivity contribution >= 4 is 56.8 Å². The molecule has 2 N–H and O–H groups in total. The summed E-state index contributed by atoms with van der Waals surface area (Å²) in [6.45, 7) is 0.